The second-order valence-electron chi connectivity index (χ2n) is 5.58. The SMILES string of the molecule is CCc1c(CC)c(Cl)c2c(N)c3ccccc3nc2c1CC. The molecule has 0 aliphatic rings. The number of para-hydroxylation sites is 1. The van der Waals surface area contributed by atoms with Crippen LogP contribution in [-0.2, 0) is 19.3 Å². The van der Waals surface area contributed by atoms with Gasteiger partial charge in [0, 0.05) is 10.8 Å². The molecule has 0 amide bonds. The third-order valence-electron chi connectivity index (χ3n) is 4.49. The van der Waals surface area contributed by atoms with Gasteiger partial charge in [-0.3, -0.25) is 0 Å². The summed E-state index contributed by atoms with van der Waals surface area (Å²) in [5, 5.41) is 2.68. The Morgan fingerprint density at radius 3 is 2.23 bits per heavy atom. The molecular formula is C19H21ClN2. The fourth-order valence-electron chi connectivity index (χ4n) is 3.46. The second kappa shape index (κ2) is 5.77. The van der Waals surface area contributed by atoms with Gasteiger partial charge in [-0.15, -0.1) is 0 Å². The van der Waals surface area contributed by atoms with Crippen molar-refractivity contribution in [3.63, 3.8) is 0 Å². The summed E-state index contributed by atoms with van der Waals surface area (Å²) < 4.78 is 0. The normalized spacial score (nSPS) is 11.5. The summed E-state index contributed by atoms with van der Waals surface area (Å²) in [4.78, 5) is 4.89. The van der Waals surface area contributed by atoms with E-state index in [4.69, 9.17) is 22.3 Å². The van der Waals surface area contributed by atoms with Crippen LogP contribution in [0.5, 0.6) is 0 Å². The number of aryl methyl sites for hydroxylation is 1. The molecule has 114 valence electrons. The van der Waals surface area contributed by atoms with E-state index in [1.165, 1.54) is 16.7 Å². The molecule has 0 radical (unpaired) electrons. The zero-order chi connectivity index (χ0) is 15.9. The highest BCUT2D eigenvalue weighted by atomic mass is 35.5. The highest BCUT2D eigenvalue weighted by Gasteiger charge is 2.19. The number of nitrogens with zero attached hydrogens (tertiary/aromatic N) is 1. The van der Waals surface area contributed by atoms with E-state index in [9.17, 15) is 0 Å². The summed E-state index contributed by atoms with van der Waals surface area (Å²) in [6, 6.07) is 8.01. The molecule has 0 aliphatic carbocycles. The molecule has 0 unspecified atom stereocenters. The topological polar surface area (TPSA) is 38.9 Å². The highest BCUT2D eigenvalue weighted by Crippen LogP contribution is 2.40. The number of nitrogens with two attached hydrogens (primary N) is 1. The third-order valence-corrected chi connectivity index (χ3v) is 4.91. The van der Waals surface area contributed by atoms with Gasteiger partial charge in [0.25, 0.3) is 0 Å². The van der Waals surface area contributed by atoms with Crippen LogP contribution in [0.15, 0.2) is 24.3 Å². The standard InChI is InChI=1S/C19H21ClN2/c1-4-11-12(5-2)17(20)16-18(21)14-9-7-8-10-15(14)22-19(16)13(11)6-3/h7-10H,4-6H2,1-3H3,(H2,21,22). The van der Waals surface area contributed by atoms with Crippen LogP contribution in [0, 0.1) is 0 Å². The van der Waals surface area contributed by atoms with Crippen LogP contribution >= 0.6 is 11.6 Å². The van der Waals surface area contributed by atoms with E-state index in [0.717, 1.165) is 51.8 Å². The minimum atomic E-state index is 0.748. The van der Waals surface area contributed by atoms with E-state index in [1.54, 1.807) is 0 Å². The Bertz CT molecular complexity index is 869. The fraction of sp³-hybridized carbons (Fsp3) is 0.316. The maximum absolute atomic E-state index is 6.74. The molecule has 22 heavy (non-hydrogen) atoms. The third kappa shape index (κ3) is 2.05. The average molecular weight is 313 g/mol. The molecule has 1 aromatic heterocycles. The number of rotatable bonds is 3. The van der Waals surface area contributed by atoms with E-state index < -0.39 is 0 Å². The lowest BCUT2D eigenvalue weighted by molar-refractivity contribution is 0.990. The smallest absolute Gasteiger partial charge is 0.0780 e. The average Bonchev–Trinajstić information content (AvgIpc) is 2.54. The summed E-state index contributed by atoms with van der Waals surface area (Å²) in [5.41, 5.74) is 13.0. The summed E-state index contributed by atoms with van der Waals surface area (Å²) in [5.74, 6) is 0. The number of halogens is 1. The molecule has 0 fully saturated rings. The van der Waals surface area contributed by atoms with Crippen LogP contribution in [0.3, 0.4) is 0 Å². The molecule has 0 aliphatic heterocycles. The molecule has 0 spiro atoms. The molecule has 3 heteroatoms. The van der Waals surface area contributed by atoms with Crippen molar-refractivity contribution in [2.24, 2.45) is 0 Å². The number of benzene rings is 2. The molecule has 0 bridgehead atoms. The molecule has 0 atom stereocenters. The first-order chi connectivity index (χ1) is 10.6. The van der Waals surface area contributed by atoms with Gasteiger partial charge in [0.05, 0.1) is 21.7 Å². The Morgan fingerprint density at radius 1 is 0.955 bits per heavy atom. The van der Waals surface area contributed by atoms with Crippen molar-refractivity contribution in [1.29, 1.82) is 0 Å². The predicted octanol–water partition coefficient (Wildman–Crippen LogP) is 5.31. The van der Waals surface area contributed by atoms with Gasteiger partial charge in [0.1, 0.15) is 0 Å². The zero-order valence-corrected chi connectivity index (χ0v) is 14.1. The molecule has 3 aromatic rings. The molecule has 2 N–H and O–H groups in total. The first-order valence-corrected chi connectivity index (χ1v) is 8.31. The van der Waals surface area contributed by atoms with E-state index in [2.05, 4.69) is 20.8 Å². The van der Waals surface area contributed by atoms with E-state index in [0.29, 0.717) is 0 Å². The first-order valence-electron chi connectivity index (χ1n) is 7.93. The zero-order valence-electron chi connectivity index (χ0n) is 13.3. The molecular weight excluding hydrogens is 292 g/mol. The molecule has 2 aromatic carbocycles. The quantitative estimate of drug-likeness (QED) is 0.665. The Labute approximate surface area is 136 Å². The number of hydrogen-bond acceptors (Lipinski definition) is 2. The first kappa shape index (κ1) is 15.1. The van der Waals surface area contributed by atoms with Crippen LogP contribution in [0.4, 0.5) is 5.69 Å². The second-order valence-corrected chi connectivity index (χ2v) is 5.95. The van der Waals surface area contributed by atoms with Crippen LogP contribution in [0.1, 0.15) is 37.5 Å². The van der Waals surface area contributed by atoms with Crippen molar-refractivity contribution >= 4 is 39.1 Å². The van der Waals surface area contributed by atoms with Crippen molar-refractivity contribution in [3.05, 3.63) is 46.0 Å². The maximum Gasteiger partial charge on any atom is 0.0780 e. The van der Waals surface area contributed by atoms with Crippen molar-refractivity contribution in [2.75, 3.05) is 5.73 Å². The van der Waals surface area contributed by atoms with E-state index >= 15 is 0 Å². The number of anilines is 1. The largest absolute Gasteiger partial charge is 0.398 e. The molecule has 1 heterocycles. The minimum Gasteiger partial charge on any atom is -0.398 e. The number of hydrogen-bond donors (Lipinski definition) is 1. The molecule has 0 saturated carbocycles. The Hall–Kier alpha value is -1.80. The lowest BCUT2D eigenvalue weighted by Gasteiger charge is -2.19. The monoisotopic (exact) mass is 312 g/mol. The summed E-state index contributed by atoms with van der Waals surface area (Å²) >= 11 is 6.74. The molecule has 0 saturated heterocycles. The van der Waals surface area contributed by atoms with Crippen LogP contribution in [-0.4, -0.2) is 4.98 Å². The van der Waals surface area contributed by atoms with Gasteiger partial charge in [-0.25, -0.2) is 4.98 Å². The Morgan fingerprint density at radius 2 is 1.59 bits per heavy atom. The summed E-state index contributed by atoms with van der Waals surface area (Å²) in [6.45, 7) is 6.50. The lowest BCUT2D eigenvalue weighted by atomic mass is 9.91. The van der Waals surface area contributed by atoms with Gasteiger partial charge >= 0.3 is 0 Å². The van der Waals surface area contributed by atoms with Gasteiger partial charge in [-0.1, -0.05) is 50.6 Å². The van der Waals surface area contributed by atoms with Crippen LogP contribution in [0.2, 0.25) is 5.02 Å². The van der Waals surface area contributed by atoms with Crippen LogP contribution in [0.25, 0.3) is 21.8 Å². The van der Waals surface area contributed by atoms with E-state index in [1.807, 2.05) is 24.3 Å². The number of nitrogen functional groups attached to an aromatic ring is 1. The predicted molar refractivity (Wildman–Crippen MR) is 96.8 cm³/mol. The molecule has 2 nitrogen and oxygen atoms in total. The maximum atomic E-state index is 6.74. The van der Waals surface area contributed by atoms with Crippen molar-refractivity contribution in [1.82, 2.24) is 4.98 Å². The van der Waals surface area contributed by atoms with Gasteiger partial charge in [0.15, 0.2) is 0 Å². The minimum absolute atomic E-state index is 0.748. The summed E-state index contributed by atoms with van der Waals surface area (Å²) in [7, 11) is 0. The summed E-state index contributed by atoms with van der Waals surface area (Å²) in [6.07, 6.45) is 2.82. The van der Waals surface area contributed by atoms with Gasteiger partial charge in [-0.2, -0.15) is 0 Å². The number of aromatic nitrogens is 1. The number of pyridine rings is 1. The lowest BCUT2D eigenvalue weighted by Crippen LogP contribution is -2.04. The van der Waals surface area contributed by atoms with Crippen molar-refractivity contribution in [2.45, 2.75) is 40.0 Å². The fourth-order valence-corrected chi connectivity index (χ4v) is 3.90. The Kier molecular flexibility index (Phi) is 3.96. The van der Waals surface area contributed by atoms with Gasteiger partial charge < -0.3 is 5.73 Å². The molecule has 3 rings (SSSR count). The van der Waals surface area contributed by atoms with Crippen molar-refractivity contribution < 1.29 is 0 Å². The van der Waals surface area contributed by atoms with Crippen LogP contribution < -0.4 is 5.73 Å². The number of fused-ring (bicyclic) bond motifs is 2. The van der Waals surface area contributed by atoms with Crippen molar-refractivity contribution in [3.8, 4) is 0 Å². The van der Waals surface area contributed by atoms with Gasteiger partial charge in [-0.05, 0) is 42.0 Å². The van der Waals surface area contributed by atoms with E-state index in [-0.39, 0.29) is 0 Å². The highest BCUT2D eigenvalue weighted by molar-refractivity contribution is 6.38. The van der Waals surface area contributed by atoms with Gasteiger partial charge in [0.2, 0.25) is 0 Å². The Balaban J connectivity index is 2.60.